The predicted molar refractivity (Wildman–Crippen MR) is 83.3 cm³/mol. The second-order valence-electron chi connectivity index (χ2n) is 5.78. The molecule has 4 nitrogen and oxygen atoms in total. The first-order valence-electron chi connectivity index (χ1n) is 7.91. The van der Waals surface area contributed by atoms with Crippen LogP contribution in [0.5, 0.6) is 0 Å². The second-order valence-corrected chi connectivity index (χ2v) is 9.62. The highest BCUT2D eigenvalue weighted by Crippen LogP contribution is 2.40. The highest BCUT2D eigenvalue weighted by atomic mass is 28.4. The van der Waals surface area contributed by atoms with Crippen LogP contribution in [-0.2, 0) is 18.3 Å². The van der Waals surface area contributed by atoms with E-state index in [1.165, 1.54) is 0 Å². The normalized spacial score (nSPS) is 19.6. The van der Waals surface area contributed by atoms with Crippen molar-refractivity contribution in [3.8, 4) is 0 Å². The lowest BCUT2D eigenvalue weighted by atomic mass is 9.76. The van der Waals surface area contributed by atoms with Crippen LogP contribution in [-0.4, -0.2) is 48.7 Å². The number of rotatable bonds is 11. The molecule has 1 rings (SSSR count). The van der Waals surface area contributed by atoms with Crippen LogP contribution in [0.3, 0.4) is 0 Å². The van der Waals surface area contributed by atoms with Crippen molar-refractivity contribution < 1.29 is 18.3 Å². The third-order valence-electron chi connectivity index (χ3n) is 4.76. The summed E-state index contributed by atoms with van der Waals surface area (Å²) in [5.74, 6) is 0. The molecular weight excluding hydrogens is 272 g/mol. The molecule has 1 atom stereocenters. The van der Waals surface area contributed by atoms with Gasteiger partial charge in [0.1, 0.15) is 0 Å². The molecule has 5 heteroatoms. The Morgan fingerprint density at radius 1 is 1.15 bits per heavy atom. The van der Waals surface area contributed by atoms with Gasteiger partial charge in [-0.15, -0.1) is 0 Å². The van der Waals surface area contributed by atoms with Gasteiger partial charge in [-0.2, -0.15) is 0 Å². The maximum atomic E-state index is 6.15. The Labute approximate surface area is 125 Å². The van der Waals surface area contributed by atoms with E-state index in [0.717, 1.165) is 51.2 Å². The summed E-state index contributed by atoms with van der Waals surface area (Å²) in [6.45, 7) is 9.04. The summed E-state index contributed by atoms with van der Waals surface area (Å²) in [7, 11) is 1.54. The first-order chi connectivity index (χ1) is 9.62. The van der Waals surface area contributed by atoms with E-state index in [1.807, 2.05) is 0 Å². The SMILES string of the molecule is CCCOC(CC[Si](CC)(OC)OC)C1(CC)COC1. The van der Waals surface area contributed by atoms with Crippen LogP contribution in [0.4, 0.5) is 0 Å². The molecule has 1 unspecified atom stereocenters. The summed E-state index contributed by atoms with van der Waals surface area (Å²) in [6, 6.07) is 1.97. The van der Waals surface area contributed by atoms with Crippen LogP contribution in [0.15, 0.2) is 0 Å². The van der Waals surface area contributed by atoms with Crippen LogP contribution in [0.2, 0.25) is 12.1 Å². The van der Waals surface area contributed by atoms with Crippen LogP contribution in [0.1, 0.15) is 40.0 Å². The highest BCUT2D eigenvalue weighted by Gasteiger charge is 2.46. The molecule has 1 fully saturated rings. The molecular formula is C15H32O4Si. The molecule has 0 aromatic carbocycles. The minimum atomic E-state index is -2.02. The molecule has 0 spiro atoms. The van der Waals surface area contributed by atoms with Crippen molar-refractivity contribution in [3.63, 3.8) is 0 Å². The summed E-state index contributed by atoms with van der Waals surface area (Å²) < 4.78 is 23.1. The van der Waals surface area contributed by atoms with Crippen molar-refractivity contribution in [3.05, 3.63) is 0 Å². The third kappa shape index (κ3) is 4.04. The second kappa shape index (κ2) is 8.49. The Morgan fingerprint density at radius 2 is 1.80 bits per heavy atom. The van der Waals surface area contributed by atoms with Crippen molar-refractivity contribution >= 4 is 8.56 Å². The first-order valence-corrected chi connectivity index (χ1v) is 10.1. The topological polar surface area (TPSA) is 36.9 Å². The summed E-state index contributed by atoms with van der Waals surface area (Å²) in [4.78, 5) is 0. The summed E-state index contributed by atoms with van der Waals surface area (Å²) in [5, 5.41) is 0. The molecule has 0 saturated carbocycles. The zero-order valence-electron chi connectivity index (χ0n) is 13.9. The molecule has 0 N–H and O–H groups in total. The van der Waals surface area contributed by atoms with Crippen molar-refractivity contribution in [2.75, 3.05) is 34.0 Å². The molecule has 20 heavy (non-hydrogen) atoms. The number of hydrogen-bond donors (Lipinski definition) is 0. The van der Waals surface area contributed by atoms with Crippen molar-refractivity contribution in [1.29, 1.82) is 0 Å². The predicted octanol–water partition coefficient (Wildman–Crippen LogP) is 3.35. The smallest absolute Gasteiger partial charge is 0.337 e. The molecule has 0 radical (unpaired) electrons. The van der Waals surface area contributed by atoms with Gasteiger partial charge in [0, 0.05) is 26.2 Å². The van der Waals surface area contributed by atoms with E-state index in [-0.39, 0.29) is 11.5 Å². The lowest BCUT2D eigenvalue weighted by Gasteiger charge is -2.47. The molecule has 1 heterocycles. The van der Waals surface area contributed by atoms with Gasteiger partial charge in [-0.25, -0.2) is 0 Å². The van der Waals surface area contributed by atoms with Gasteiger partial charge in [0.15, 0.2) is 0 Å². The Balaban J connectivity index is 2.65. The average Bonchev–Trinajstić information content (AvgIpc) is 2.45. The minimum Gasteiger partial charge on any atom is -0.398 e. The fourth-order valence-electron chi connectivity index (χ4n) is 2.91. The lowest BCUT2D eigenvalue weighted by Crippen LogP contribution is -2.53. The average molecular weight is 305 g/mol. The first kappa shape index (κ1) is 18.1. The molecule has 0 bridgehead atoms. The maximum absolute atomic E-state index is 6.15. The van der Waals surface area contributed by atoms with Crippen molar-refractivity contribution in [2.45, 2.75) is 58.2 Å². The van der Waals surface area contributed by atoms with Gasteiger partial charge >= 0.3 is 8.56 Å². The molecule has 0 aromatic heterocycles. The molecule has 1 saturated heterocycles. The van der Waals surface area contributed by atoms with Gasteiger partial charge in [0.2, 0.25) is 0 Å². The van der Waals surface area contributed by atoms with E-state index in [1.54, 1.807) is 14.2 Å². The van der Waals surface area contributed by atoms with Gasteiger partial charge in [-0.1, -0.05) is 20.8 Å². The Kier molecular flexibility index (Phi) is 7.68. The zero-order valence-corrected chi connectivity index (χ0v) is 14.9. The molecule has 0 aliphatic carbocycles. The Bertz CT molecular complexity index is 251. The van der Waals surface area contributed by atoms with Crippen molar-refractivity contribution in [2.24, 2.45) is 5.41 Å². The van der Waals surface area contributed by atoms with E-state index in [4.69, 9.17) is 18.3 Å². The fraction of sp³-hybridized carbons (Fsp3) is 1.00. The lowest BCUT2D eigenvalue weighted by molar-refractivity contribution is -0.190. The van der Waals surface area contributed by atoms with Crippen LogP contribution < -0.4 is 0 Å². The third-order valence-corrected chi connectivity index (χ3v) is 8.38. The van der Waals surface area contributed by atoms with E-state index < -0.39 is 8.56 Å². The van der Waals surface area contributed by atoms with E-state index in [2.05, 4.69) is 20.8 Å². The van der Waals surface area contributed by atoms with Gasteiger partial charge in [-0.3, -0.25) is 0 Å². The van der Waals surface area contributed by atoms with E-state index in [9.17, 15) is 0 Å². The summed E-state index contributed by atoms with van der Waals surface area (Å²) >= 11 is 0. The van der Waals surface area contributed by atoms with E-state index in [0.29, 0.717) is 0 Å². The molecule has 0 aromatic rings. The summed E-state index contributed by atoms with van der Waals surface area (Å²) in [6.07, 6.45) is 3.45. The van der Waals surface area contributed by atoms with Gasteiger partial charge < -0.3 is 18.3 Å². The minimum absolute atomic E-state index is 0.213. The quantitative estimate of drug-likeness (QED) is 0.549. The van der Waals surface area contributed by atoms with Crippen LogP contribution in [0.25, 0.3) is 0 Å². The van der Waals surface area contributed by atoms with Crippen LogP contribution >= 0.6 is 0 Å². The Morgan fingerprint density at radius 3 is 2.15 bits per heavy atom. The molecule has 120 valence electrons. The number of ether oxygens (including phenoxy) is 2. The Hall–Kier alpha value is 0.0569. The van der Waals surface area contributed by atoms with Gasteiger partial charge in [0.05, 0.1) is 19.3 Å². The fourth-order valence-corrected chi connectivity index (χ4v) is 5.12. The maximum Gasteiger partial charge on any atom is 0.337 e. The highest BCUT2D eigenvalue weighted by molar-refractivity contribution is 6.67. The van der Waals surface area contributed by atoms with Gasteiger partial charge in [0.25, 0.3) is 0 Å². The summed E-state index contributed by atoms with van der Waals surface area (Å²) in [5.41, 5.74) is 0.213. The standard InChI is InChI=1S/C15H32O4Si/c1-6-10-19-14(15(7-2)12-18-13-15)9-11-20(8-3,16-4)17-5/h14H,6-13H2,1-5H3. The van der Waals surface area contributed by atoms with E-state index >= 15 is 0 Å². The molecule has 1 aliphatic rings. The van der Waals surface area contributed by atoms with Crippen molar-refractivity contribution in [1.82, 2.24) is 0 Å². The number of hydrogen-bond acceptors (Lipinski definition) is 4. The molecule has 1 aliphatic heterocycles. The largest absolute Gasteiger partial charge is 0.398 e. The monoisotopic (exact) mass is 304 g/mol. The molecule has 0 amide bonds. The van der Waals surface area contributed by atoms with Gasteiger partial charge in [-0.05, 0) is 31.4 Å². The zero-order chi connectivity index (χ0) is 15.1. The van der Waals surface area contributed by atoms with Crippen LogP contribution in [0, 0.1) is 5.41 Å².